The number of carbonyl (C=O) groups excluding carboxylic acids is 1. The average Bonchev–Trinajstić information content (AvgIpc) is 3.05. The number of hydrogen-bond acceptors (Lipinski definition) is 4. The lowest BCUT2D eigenvalue weighted by Gasteiger charge is -2.27. The van der Waals surface area contributed by atoms with Crippen LogP contribution in [0.1, 0.15) is 23.0 Å². The van der Waals surface area contributed by atoms with Crippen LogP contribution in [0, 0.1) is 6.92 Å². The van der Waals surface area contributed by atoms with Crippen LogP contribution in [-0.2, 0) is 4.74 Å². The van der Waals surface area contributed by atoms with Gasteiger partial charge in [0.15, 0.2) is 0 Å². The number of carbonyl (C=O) groups is 1. The quantitative estimate of drug-likeness (QED) is 0.660. The van der Waals surface area contributed by atoms with Crippen LogP contribution in [0.5, 0.6) is 11.5 Å². The molecule has 1 aliphatic rings. The number of amides is 1. The first-order valence-corrected chi connectivity index (χ1v) is 9.93. The van der Waals surface area contributed by atoms with Crippen LogP contribution in [0.2, 0.25) is 0 Å². The monoisotopic (exact) mass is 394 g/mol. The van der Waals surface area contributed by atoms with Gasteiger partial charge in [-0.25, -0.2) is 0 Å². The van der Waals surface area contributed by atoms with Gasteiger partial charge in [-0.15, -0.1) is 0 Å². The zero-order valence-electron chi connectivity index (χ0n) is 17.1. The number of nitrogens with zero attached hydrogens (tertiary/aromatic N) is 2. The predicted octanol–water partition coefficient (Wildman–Crippen LogP) is 3.82. The molecule has 0 N–H and O–H groups in total. The number of aromatic nitrogens is 1. The van der Waals surface area contributed by atoms with Gasteiger partial charge < -0.3 is 23.7 Å². The van der Waals surface area contributed by atoms with Crippen molar-refractivity contribution in [1.82, 2.24) is 9.47 Å². The molecule has 0 radical (unpaired) electrons. The van der Waals surface area contributed by atoms with Gasteiger partial charge in [-0.05, 0) is 56.3 Å². The van der Waals surface area contributed by atoms with Crippen molar-refractivity contribution in [2.24, 2.45) is 0 Å². The highest BCUT2D eigenvalue weighted by Gasteiger charge is 2.26. The van der Waals surface area contributed by atoms with Gasteiger partial charge in [0.25, 0.3) is 5.91 Å². The third-order valence-electron chi connectivity index (χ3n) is 5.33. The van der Waals surface area contributed by atoms with Crippen molar-refractivity contribution in [3.05, 3.63) is 53.7 Å². The second-order valence-corrected chi connectivity index (χ2v) is 7.01. The summed E-state index contributed by atoms with van der Waals surface area (Å²) in [7, 11) is 1.65. The SMILES string of the molecule is CCOc1ccc2c(c1)c(C(=O)N1CCOCC1)c(C)n2-c1ccc(OC)cc1. The molecule has 1 aromatic heterocycles. The van der Waals surface area contributed by atoms with Crippen LogP contribution in [0.4, 0.5) is 0 Å². The Bertz CT molecular complexity index is 1020. The Morgan fingerprint density at radius 1 is 1.07 bits per heavy atom. The molecule has 152 valence electrons. The van der Waals surface area contributed by atoms with E-state index in [2.05, 4.69) is 4.57 Å². The molecule has 29 heavy (non-hydrogen) atoms. The number of fused-ring (bicyclic) bond motifs is 1. The van der Waals surface area contributed by atoms with Gasteiger partial charge >= 0.3 is 0 Å². The zero-order chi connectivity index (χ0) is 20.4. The van der Waals surface area contributed by atoms with Crippen LogP contribution in [0.3, 0.4) is 0 Å². The van der Waals surface area contributed by atoms with E-state index in [0.717, 1.165) is 39.3 Å². The van der Waals surface area contributed by atoms with E-state index in [1.165, 1.54) is 0 Å². The van der Waals surface area contributed by atoms with E-state index >= 15 is 0 Å². The first-order valence-electron chi connectivity index (χ1n) is 9.93. The minimum absolute atomic E-state index is 0.0386. The predicted molar refractivity (Wildman–Crippen MR) is 112 cm³/mol. The molecule has 1 amide bonds. The standard InChI is InChI=1S/C23H26N2O4/c1-4-29-19-9-10-21-20(15-19)22(23(26)24-11-13-28-14-12-24)16(2)25(21)17-5-7-18(27-3)8-6-17/h5-10,15H,4,11-14H2,1-3H3. The molecule has 1 saturated heterocycles. The lowest BCUT2D eigenvalue weighted by atomic mass is 10.1. The fourth-order valence-electron chi connectivity index (χ4n) is 3.91. The zero-order valence-corrected chi connectivity index (χ0v) is 17.1. The van der Waals surface area contributed by atoms with Crippen LogP contribution in [-0.4, -0.2) is 55.4 Å². The highest BCUT2D eigenvalue weighted by atomic mass is 16.5. The molecule has 0 spiro atoms. The summed E-state index contributed by atoms with van der Waals surface area (Å²) in [6.07, 6.45) is 0. The van der Waals surface area contributed by atoms with Crippen molar-refractivity contribution in [3.8, 4) is 17.2 Å². The Hall–Kier alpha value is -2.99. The number of ether oxygens (including phenoxy) is 3. The fourth-order valence-corrected chi connectivity index (χ4v) is 3.91. The maximum atomic E-state index is 13.4. The van der Waals surface area contributed by atoms with Crippen LogP contribution in [0.25, 0.3) is 16.6 Å². The Kier molecular flexibility index (Phi) is 5.45. The number of hydrogen-bond donors (Lipinski definition) is 0. The Labute approximate surface area is 170 Å². The highest BCUT2D eigenvalue weighted by molar-refractivity contribution is 6.09. The minimum Gasteiger partial charge on any atom is -0.497 e. The molecule has 6 heteroatoms. The van der Waals surface area contributed by atoms with Crippen molar-refractivity contribution >= 4 is 16.8 Å². The van der Waals surface area contributed by atoms with E-state index in [0.29, 0.717) is 32.9 Å². The van der Waals surface area contributed by atoms with Crippen LogP contribution in [0.15, 0.2) is 42.5 Å². The van der Waals surface area contributed by atoms with Gasteiger partial charge in [0.05, 0.1) is 38.0 Å². The number of rotatable bonds is 5. The average molecular weight is 394 g/mol. The van der Waals surface area contributed by atoms with Crippen molar-refractivity contribution < 1.29 is 19.0 Å². The summed E-state index contributed by atoms with van der Waals surface area (Å²) in [5.74, 6) is 1.60. The number of benzene rings is 2. The number of morpholine rings is 1. The van der Waals surface area contributed by atoms with Crippen LogP contribution >= 0.6 is 0 Å². The molecular weight excluding hydrogens is 368 g/mol. The molecule has 0 unspecified atom stereocenters. The first-order chi connectivity index (χ1) is 14.1. The van der Waals surface area contributed by atoms with Crippen molar-refractivity contribution in [2.75, 3.05) is 40.0 Å². The largest absolute Gasteiger partial charge is 0.497 e. The molecule has 4 rings (SSSR count). The van der Waals surface area contributed by atoms with Gasteiger partial charge in [0.2, 0.25) is 0 Å². The smallest absolute Gasteiger partial charge is 0.256 e. The summed E-state index contributed by atoms with van der Waals surface area (Å²) in [6.45, 7) is 6.90. The van der Waals surface area contributed by atoms with E-state index in [1.807, 2.05) is 61.2 Å². The molecular formula is C23H26N2O4. The lowest BCUT2D eigenvalue weighted by Crippen LogP contribution is -2.40. The number of methoxy groups -OCH3 is 1. The fraction of sp³-hybridized carbons (Fsp3) is 0.348. The second kappa shape index (κ2) is 8.17. The van der Waals surface area contributed by atoms with E-state index < -0.39 is 0 Å². The van der Waals surface area contributed by atoms with E-state index in [4.69, 9.17) is 14.2 Å². The van der Waals surface area contributed by atoms with Crippen molar-refractivity contribution in [3.63, 3.8) is 0 Å². The maximum Gasteiger partial charge on any atom is 0.256 e. The molecule has 0 atom stereocenters. The van der Waals surface area contributed by atoms with Crippen LogP contribution < -0.4 is 9.47 Å². The summed E-state index contributed by atoms with van der Waals surface area (Å²) in [6, 6.07) is 13.8. The Morgan fingerprint density at radius 2 is 1.76 bits per heavy atom. The molecule has 2 heterocycles. The topological polar surface area (TPSA) is 52.9 Å². The third kappa shape index (κ3) is 3.56. The molecule has 0 bridgehead atoms. The Balaban J connectivity index is 1.89. The van der Waals surface area contributed by atoms with Gasteiger partial charge in [0, 0.05) is 29.9 Å². The summed E-state index contributed by atoms with van der Waals surface area (Å²) < 4.78 is 18.5. The van der Waals surface area contributed by atoms with Gasteiger partial charge in [-0.2, -0.15) is 0 Å². The lowest BCUT2D eigenvalue weighted by molar-refractivity contribution is 0.0303. The van der Waals surface area contributed by atoms with Crippen molar-refractivity contribution in [1.29, 1.82) is 0 Å². The molecule has 3 aromatic rings. The van der Waals surface area contributed by atoms with Crippen molar-refractivity contribution in [2.45, 2.75) is 13.8 Å². The highest BCUT2D eigenvalue weighted by Crippen LogP contribution is 2.33. The molecule has 2 aromatic carbocycles. The summed E-state index contributed by atoms with van der Waals surface area (Å²) in [4.78, 5) is 15.3. The van der Waals surface area contributed by atoms with E-state index in [1.54, 1.807) is 7.11 Å². The van der Waals surface area contributed by atoms with Gasteiger partial charge in [-0.1, -0.05) is 0 Å². The van der Waals surface area contributed by atoms with E-state index in [9.17, 15) is 4.79 Å². The van der Waals surface area contributed by atoms with Gasteiger partial charge in [0.1, 0.15) is 11.5 Å². The normalized spacial score (nSPS) is 14.2. The second-order valence-electron chi connectivity index (χ2n) is 7.01. The molecule has 1 fully saturated rings. The third-order valence-corrected chi connectivity index (χ3v) is 5.33. The minimum atomic E-state index is 0.0386. The van der Waals surface area contributed by atoms with Gasteiger partial charge in [-0.3, -0.25) is 4.79 Å². The Morgan fingerprint density at radius 3 is 2.41 bits per heavy atom. The summed E-state index contributed by atoms with van der Waals surface area (Å²) in [5.41, 5.74) is 3.60. The summed E-state index contributed by atoms with van der Waals surface area (Å²) >= 11 is 0. The summed E-state index contributed by atoms with van der Waals surface area (Å²) in [5, 5.41) is 0.903. The molecule has 0 aliphatic carbocycles. The molecule has 0 saturated carbocycles. The van der Waals surface area contributed by atoms with E-state index in [-0.39, 0.29) is 5.91 Å². The maximum absolute atomic E-state index is 13.4. The molecule has 6 nitrogen and oxygen atoms in total. The molecule has 1 aliphatic heterocycles. The first kappa shape index (κ1) is 19.3.